The number of phenolic OH excluding ortho intramolecular Hbond substituents is 1. The molecule has 1 aliphatic rings. The molecule has 3 heteroatoms. The number of phenols is 1. The van der Waals surface area contributed by atoms with Gasteiger partial charge in [0.2, 0.25) is 0 Å². The molecule has 2 aromatic rings. The average Bonchev–Trinajstić information content (AvgIpc) is 2.77. The molecule has 1 aliphatic heterocycles. The fourth-order valence-electron chi connectivity index (χ4n) is 2.76. The lowest BCUT2D eigenvalue weighted by atomic mass is 10.0. The molecule has 0 aliphatic carbocycles. The Bertz CT molecular complexity index is 585. The Labute approximate surface area is 119 Å². The van der Waals surface area contributed by atoms with Crippen LogP contribution < -0.4 is 0 Å². The van der Waals surface area contributed by atoms with E-state index in [1.807, 2.05) is 43.4 Å². The third-order valence-electron chi connectivity index (χ3n) is 4.06. The topological polar surface area (TPSA) is 32.7 Å². The molecule has 0 amide bonds. The third-order valence-corrected chi connectivity index (χ3v) is 4.06. The van der Waals surface area contributed by atoms with Gasteiger partial charge >= 0.3 is 0 Å². The number of ether oxygens (including phenoxy) is 1. The van der Waals surface area contributed by atoms with Crippen LogP contribution in [0.5, 0.6) is 5.75 Å². The van der Waals surface area contributed by atoms with Gasteiger partial charge in [-0.25, -0.2) is 0 Å². The van der Waals surface area contributed by atoms with Crippen LogP contribution in [-0.4, -0.2) is 23.1 Å². The molecule has 20 heavy (non-hydrogen) atoms. The van der Waals surface area contributed by atoms with E-state index in [9.17, 15) is 5.11 Å². The minimum atomic E-state index is -0.212. The number of hydrogen-bond acceptors (Lipinski definition) is 3. The monoisotopic (exact) mass is 269 g/mol. The van der Waals surface area contributed by atoms with Gasteiger partial charge in [-0.15, -0.1) is 0 Å². The molecule has 0 radical (unpaired) electrons. The zero-order valence-electron chi connectivity index (χ0n) is 11.7. The van der Waals surface area contributed by atoms with Crippen LogP contribution in [0.1, 0.15) is 30.4 Å². The van der Waals surface area contributed by atoms with E-state index in [4.69, 9.17) is 4.74 Å². The maximum Gasteiger partial charge on any atom is 0.141 e. The van der Waals surface area contributed by atoms with E-state index in [2.05, 4.69) is 24.0 Å². The highest BCUT2D eigenvalue weighted by Gasteiger charge is 2.39. The molecular weight excluding hydrogens is 250 g/mol. The summed E-state index contributed by atoms with van der Waals surface area (Å²) in [7, 11) is 2.03. The van der Waals surface area contributed by atoms with Gasteiger partial charge in [-0.2, -0.15) is 0 Å². The first-order valence-electron chi connectivity index (χ1n) is 6.88. The van der Waals surface area contributed by atoms with Gasteiger partial charge in [0.05, 0.1) is 0 Å². The summed E-state index contributed by atoms with van der Waals surface area (Å²) in [6.45, 7) is 2.15. The van der Waals surface area contributed by atoms with Crippen molar-refractivity contribution in [1.29, 1.82) is 0 Å². The average molecular weight is 269 g/mol. The van der Waals surface area contributed by atoms with Gasteiger partial charge in [0.15, 0.2) is 0 Å². The predicted molar refractivity (Wildman–Crippen MR) is 78.3 cm³/mol. The second-order valence-corrected chi connectivity index (χ2v) is 5.28. The second kappa shape index (κ2) is 5.27. The fourth-order valence-corrected chi connectivity index (χ4v) is 2.76. The summed E-state index contributed by atoms with van der Waals surface area (Å²) < 4.78 is 6.20. The molecule has 0 spiro atoms. The summed E-state index contributed by atoms with van der Waals surface area (Å²) in [5, 5.41) is 10.0. The van der Waals surface area contributed by atoms with E-state index in [-0.39, 0.29) is 24.1 Å². The van der Waals surface area contributed by atoms with Crippen molar-refractivity contribution in [2.75, 3.05) is 7.05 Å². The van der Waals surface area contributed by atoms with Crippen LogP contribution in [0.4, 0.5) is 0 Å². The summed E-state index contributed by atoms with van der Waals surface area (Å²) in [4.78, 5) is 2.16. The number of likely N-dealkylation sites (N-methyl/N-ethyl adjacent to an activating group) is 1. The normalized spacial score (nSPS) is 26.8. The lowest BCUT2D eigenvalue weighted by Gasteiger charge is -2.21. The van der Waals surface area contributed by atoms with Crippen molar-refractivity contribution in [2.24, 2.45) is 0 Å². The van der Waals surface area contributed by atoms with E-state index in [1.165, 1.54) is 5.56 Å². The lowest BCUT2D eigenvalue weighted by Crippen LogP contribution is -2.27. The molecule has 3 atom stereocenters. The van der Waals surface area contributed by atoms with Gasteiger partial charge in [-0.3, -0.25) is 4.90 Å². The highest BCUT2D eigenvalue weighted by atomic mass is 16.5. The maximum absolute atomic E-state index is 10.0. The summed E-state index contributed by atoms with van der Waals surface area (Å²) in [5.41, 5.74) is 1.99. The number of rotatable bonds is 2. The zero-order valence-corrected chi connectivity index (χ0v) is 11.7. The Morgan fingerprint density at radius 2 is 1.65 bits per heavy atom. The van der Waals surface area contributed by atoms with E-state index in [0.29, 0.717) is 0 Å². The first kappa shape index (κ1) is 13.2. The van der Waals surface area contributed by atoms with Crippen molar-refractivity contribution >= 4 is 0 Å². The standard InChI is InChI=1S/C17H19NO2/c1-12-16(13-8-4-3-5-9-13)20-17(18(12)2)14-10-6-7-11-15(14)19/h3-12,16-17,19H,1-2H3/t12-,16-,17-/m1/s1. The minimum Gasteiger partial charge on any atom is -0.508 e. The molecule has 3 nitrogen and oxygen atoms in total. The molecule has 3 rings (SSSR count). The van der Waals surface area contributed by atoms with E-state index >= 15 is 0 Å². The summed E-state index contributed by atoms with van der Waals surface area (Å²) in [5.74, 6) is 0.283. The largest absolute Gasteiger partial charge is 0.508 e. The SMILES string of the molecule is C[C@@H]1[C@H](c2ccccc2)O[C@H](c2ccccc2O)N1C. The molecule has 1 heterocycles. The Kier molecular flexibility index (Phi) is 3.47. The molecule has 1 N–H and O–H groups in total. The zero-order chi connectivity index (χ0) is 14.1. The lowest BCUT2D eigenvalue weighted by molar-refractivity contribution is 0.00418. The molecule has 0 unspecified atom stereocenters. The fraction of sp³-hybridized carbons (Fsp3) is 0.294. The number of para-hydroxylation sites is 1. The van der Waals surface area contributed by atoms with Crippen LogP contribution in [0.15, 0.2) is 54.6 Å². The number of nitrogens with zero attached hydrogens (tertiary/aromatic N) is 1. The van der Waals surface area contributed by atoms with Crippen molar-refractivity contribution in [3.8, 4) is 5.75 Å². The van der Waals surface area contributed by atoms with E-state index in [1.54, 1.807) is 6.07 Å². The van der Waals surface area contributed by atoms with Crippen LogP contribution in [0.2, 0.25) is 0 Å². The molecule has 0 bridgehead atoms. The summed E-state index contributed by atoms with van der Waals surface area (Å²) in [6, 6.07) is 17.8. The smallest absolute Gasteiger partial charge is 0.141 e. The van der Waals surface area contributed by atoms with Gasteiger partial charge in [-0.1, -0.05) is 48.5 Å². The van der Waals surface area contributed by atoms with Gasteiger partial charge in [0, 0.05) is 11.6 Å². The molecular formula is C17H19NO2. The summed E-state index contributed by atoms with van der Waals surface area (Å²) >= 11 is 0. The summed E-state index contributed by atoms with van der Waals surface area (Å²) in [6.07, 6.45) is -0.192. The number of aromatic hydroxyl groups is 1. The van der Waals surface area contributed by atoms with Gasteiger partial charge < -0.3 is 9.84 Å². The number of hydrogen-bond donors (Lipinski definition) is 1. The Balaban J connectivity index is 1.91. The Morgan fingerprint density at radius 1 is 1.00 bits per heavy atom. The van der Waals surface area contributed by atoms with Crippen LogP contribution in [0.25, 0.3) is 0 Å². The molecule has 0 saturated carbocycles. The highest BCUT2D eigenvalue weighted by Crippen LogP contribution is 2.43. The minimum absolute atomic E-state index is 0.0193. The molecule has 1 saturated heterocycles. The van der Waals surface area contributed by atoms with Gasteiger partial charge in [0.25, 0.3) is 0 Å². The van der Waals surface area contributed by atoms with Crippen molar-refractivity contribution < 1.29 is 9.84 Å². The van der Waals surface area contributed by atoms with Crippen LogP contribution in [0.3, 0.4) is 0 Å². The predicted octanol–water partition coefficient (Wildman–Crippen LogP) is 3.48. The maximum atomic E-state index is 10.0. The molecule has 0 aromatic heterocycles. The Morgan fingerprint density at radius 3 is 2.35 bits per heavy atom. The van der Waals surface area contributed by atoms with Gasteiger partial charge in [-0.05, 0) is 25.6 Å². The first-order chi connectivity index (χ1) is 9.68. The van der Waals surface area contributed by atoms with Crippen LogP contribution in [0, 0.1) is 0 Å². The van der Waals surface area contributed by atoms with Crippen molar-refractivity contribution in [1.82, 2.24) is 4.90 Å². The quantitative estimate of drug-likeness (QED) is 0.906. The Hall–Kier alpha value is -1.84. The molecule has 104 valence electrons. The van der Waals surface area contributed by atoms with Crippen molar-refractivity contribution in [2.45, 2.75) is 25.3 Å². The van der Waals surface area contributed by atoms with E-state index in [0.717, 1.165) is 5.56 Å². The second-order valence-electron chi connectivity index (χ2n) is 5.28. The highest BCUT2D eigenvalue weighted by molar-refractivity contribution is 5.34. The van der Waals surface area contributed by atoms with Crippen LogP contribution >= 0.6 is 0 Å². The van der Waals surface area contributed by atoms with E-state index < -0.39 is 0 Å². The molecule has 2 aromatic carbocycles. The van der Waals surface area contributed by atoms with Crippen LogP contribution in [-0.2, 0) is 4.74 Å². The van der Waals surface area contributed by atoms with Crippen molar-refractivity contribution in [3.63, 3.8) is 0 Å². The first-order valence-corrected chi connectivity index (χ1v) is 6.88. The number of benzene rings is 2. The van der Waals surface area contributed by atoms with Gasteiger partial charge in [0.1, 0.15) is 18.1 Å². The third kappa shape index (κ3) is 2.19. The molecule has 1 fully saturated rings. The van der Waals surface area contributed by atoms with Crippen molar-refractivity contribution in [3.05, 3.63) is 65.7 Å².